The summed E-state index contributed by atoms with van der Waals surface area (Å²) in [7, 11) is 1.61. The Bertz CT molecular complexity index is 1190. The van der Waals surface area contributed by atoms with Crippen LogP contribution < -0.4 is 9.80 Å². The van der Waals surface area contributed by atoms with E-state index in [1.54, 1.807) is 17.8 Å². The van der Waals surface area contributed by atoms with E-state index in [9.17, 15) is 0 Å². The molecule has 0 amide bonds. The monoisotopic (exact) mass is 417 g/mol. The number of aromatic nitrogens is 7. The minimum absolute atomic E-state index is 0.324. The summed E-state index contributed by atoms with van der Waals surface area (Å²) >= 11 is 0. The van der Waals surface area contributed by atoms with Gasteiger partial charge >= 0.3 is 0 Å². The highest BCUT2D eigenvalue weighted by molar-refractivity contribution is 5.59. The summed E-state index contributed by atoms with van der Waals surface area (Å²) in [5.41, 5.74) is 3.44. The smallest absolute Gasteiger partial charge is 0.272 e. The van der Waals surface area contributed by atoms with Crippen molar-refractivity contribution in [3.8, 4) is 11.4 Å². The van der Waals surface area contributed by atoms with Crippen molar-refractivity contribution < 1.29 is 4.74 Å². The molecule has 1 aromatic carbocycles. The van der Waals surface area contributed by atoms with Gasteiger partial charge in [-0.1, -0.05) is 18.2 Å². The average molecular weight is 417 g/mol. The number of nitrogens with zero attached hydrogens (tertiary/aromatic N) is 9. The Morgan fingerprint density at radius 2 is 1.71 bits per heavy atom. The highest BCUT2D eigenvalue weighted by Crippen LogP contribution is 2.22. The first-order valence-electron chi connectivity index (χ1n) is 10.2. The van der Waals surface area contributed by atoms with Crippen LogP contribution in [0.25, 0.3) is 17.2 Å². The van der Waals surface area contributed by atoms with Crippen LogP contribution in [0.1, 0.15) is 11.5 Å². The maximum Gasteiger partial charge on any atom is 0.272 e. The molecule has 0 saturated carbocycles. The van der Waals surface area contributed by atoms with Crippen LogP contribution in [0.15, 0.2) is 42.6 Å². The lowest BCUT2D eigenvalue weighted by Crippen LogP contribution is -2.47. The molecule has 0 radical (unpaired) electrons. The van der Waals surface area contributed by atoms with Crippen molar-refractivity contribution in [1.29, 1.82) is 0 Å². The first-order chi connectivity index (χ1) is 15.2. The molecular formula is C21H23N9O. The van der Waals surface area contributed by atoms with Gasteiger partial charge in [-0.2, -0.15) is 9.50 Å². The third-order valence-electron chi connectivity index (χ3n) is 5.38. The standard InChI is InChI=1S/C21H23N9O/c1-15-19(25-26-21-24-18(14-31-2)27-30(15)21)17-8-9-22-20(23-17)29-12-10-28(11-13-29)16-6-4-3-5-7-16/h3-9H,10-14H2,1-2H3. The molecule has 0 unspecified atom stereocenters. The van der Waals surface area contributed by atoms with Crippen molar-refractivity contribution in [3.05, 3.63) is 54.1 Å². The summed E-state index contributed by atoms with van der Waals surface area (Å²) < 4.78 is 6.79. The number of anilines is 2. The maximum atomic E-state index is 5.11. The van der Waals surface area contributed by atoms with Gasteiger partial charge in [0, 0.05) is 45.2 Å². The Balaban J connectivity index is 1.38. The highest BCUT2D eigenvalue weighted by atomic mass is 16.5. The van der Waals surface area contributed by atoms with Crippen LogP contribution >= 0.6 is 0 Å². The average Bonchev–Trinajstić information content (AvgIpc) is 3.24. The highest BCUT2D eigenvalue weighted by Gasteiger charge is 2.21. The molecule has 10 nitrogen and oxygen atoms in total. The quantitative estimate of drug-likeness (QED) is 0.481. The lowest BCUT2D eigenvalue weighted by atomic mass is 10.2. The summed E-state index contributed by atoms with van der Waals surface area (Å²) in [5, 5.41) is 13.0. The largest absolute Gasteiger partial charge is 0.377 e. The second-order valence-corrected chi connectivity index (χ2v) is 7.36. The van der Waals surface area contributed by atoms with E-state index >= 15 is 0 Å². The van der Waals surface area contributed by atoms with Gasteiger partial charge in [0.1, 0.15) is 12.3 Å². The first-order valence-corrected chi connectivity index (χ1v) is 10.2. The van der Waals surface area contributed by atoms with E-state index in [0.29, 0.717) is 35.5 Å². The van der Waals surface area contributed by atoms with E-state index < -0.39 is 0 Å². The van der Waals surface area contributed by atoms with Crippen molar-refractivity contribution in [2.75, 3.05) is 43.1 Å². The molecule has 10 heteroatoms. The number of hydrogen-bond donors (Lipinski definition) is 0. The molecule has 1 fully saturated rings. The number of hydrogen-bond acceptors (Lipinski definition) is 9. The zero-order valence-electron chi connectivity index (χ0n) is 17.5. The van der Waals surface area contributed by atoms with E-state index in [2.05, 4.69) is 59.3 Å². The molecule has 31 heavy (non-hydrogen) atoms. The fourth-order valence-electron chi connectivity index (χ4n) is 3.77. The summed E-state index contributed by atoms with van der Waals surface area (Å²) in [6.07, 6.45) is 1.77. The van der Waals surface area contributed by atoms with Gasteiger partial charge < -0.3 is 14.5 Å². The number of ether oxygens (including phenoxy) is 1. The van der Waals surface area contributed by atoms with Crippen LogP contribution in [-0.2, 0) is 11.3 Å². The van der Waals surface area contributed by atoms with Crippen LogP contribution in [0.2, 0.25) is 0 Å². The molecule has 0 N–H and O–H groups in total. The van der Waals surface area contributed by atoms with Gasteiger partial charge in [-0.15, -0.1) is 15.3 Å². The van der Waals surface area contributed by atoms with Crippen molar-refractivity contribution in [1.82, 2.24) is 34.8 Å². The van der Waals surface area contributed by atoms with Crippen molar-refractivity contribution >= 4 is 17.4 Å². The van der Waals surface area contributed by atoms with E-state index in [-0.39, 0.29) is 0 Å². The maximum absolute atomic E-state index is 5.11. The van der Waals surface area contributed by atoms with Crippen LogP contribution in [0.3, 0.4) is 0 Å². The minimum Gasteiger partial charge on any atom is -0.377 e. The molecule has 1 aliphatic heterocycles. The number of fused-ring (bicyclic) bond motifs is 1. The molecule has 4 heterocycles. The van der Waals surface area contributed by atoms with E-state index in [4.69, 9.17) is 9.72 Å². The number of rotatable bonds is 5. The zero-order valence-corrected chi connectivity index (χ0v) is 17.5. The van der Waals surface area contributed by atoms with Crippen LogP contribution in [0.5, 0.6) is 0 Å². The molecule has 0 spiro atoms. The second-order valence-electron chi connectivity index (χ2n) is 7.36. The Morgan fingerprint density at radius 3 is 2.48 bits per heavy atom. The molecule has 5 rings (SSSR count). The van der Waals surface area contributed by atoms with Gasteiger partial charge in [-0.3, -0.25) is 0 Å². The molecule has 0 bridgehead atoms. The van der Waals surface area contributed by atoms with Crippen molar-refractivity contribution in [2.45, 2.75) is 13.5 Å². The summed E-state index contributed by atoms with van der Waals surface area (Å²) in [5.74, 6) is 1.71. The van der Waals surface area contributed by atoms with Crippen LogP contribution in [0, 0.1) is 6.92 Å². The fourth-order valence-corrected chi connectivity index (χ4v) is 3.77. The lowest BCUT2D eigenvalue weighted by Gasteiger charge is -2.36. The van der Waals surface area contributed by atoms with E-state index in [1.165, 1.54) is 5.69 Å². The van der Waals surface area contributed by atoms with Gasteiger partial charge in [-0.05, 0) is 25.1 Å². The predicted molar refractivity (Wildman–Crippen MR) is 116 cm³/mol. The number of benzene rings is 1. The normalized spacial score (nSPS) is 14.4. The van der Waals surface area contributed by atoms with Crippen LogP contribution in [-0.4, -0.2) is 68.1 Å². The third-order valence-corrected chi connectivity index (χ3v) is 5.38. The van der Waals surface area contributed by atoms with Gasteiger partial charge in [-0.25, -0.2) is 9.97 Å². The molecule has 0 atom stereocenters. The number of para-hydroxylation sites is 1. The molecule has 0 aliphatic carbocycles. The fraction of sp³-hybridized carbons (Fsp3) is 0.333. The number of methoxy groups -OCH3 is 1. The third kappa shape index (κ3) is 3.77. The SMILES string of the molecule is COCc1nc2nnc(-c3ccnc(N4CCN(c5ccccc5)CC4)n3)c(C)n2n1. The Hall–Kier alpha value is -3.66. The molecule has 158 valence electrons. The molecule has 1 aliphatic rings. The number of aryl methyl sites for hydroxylation is 1. The molecule has 1 saturated heterocycles. The Morgan fingerprint density at radius 1 is 0.935 bits per heavy atom. The lowest BCUT2D eigenvalue weighted by molar-refractivity contribution is 0.178. The minimum atomic E-state index is 0.324. The van der Waals surface area contributed by atoms with Gasteiger partial charge in [0.15, 0.2) is 5.82 Å². The number of piperazine rings is 1. The van der Waals surface area contributed by atoms with E-state index in [1.807, 2.05) is 19.1 Å². The molecular weight excluding hydrogens is 394 g/mol. The summed E-state index contributed by atoms with van der Waals surface area (Å²) in [6.45, 7) is 5.80. The van der Waals surface area contributed by atoms with E-state index in [0.717, 1.165) is 31.9 Å². The van der Waals surface area contributed by atoms with Crippen molar-refractivity contribution in [3.63, 3.8) is 0 Å². The predicted octanol–water partition coefficient (Wildman–Crippen LogP) is 1.76. The first kappa shape index (κ1) is 19.3. The summed E-state index contributed by atoms with van der Waals surface area (Å²) in [4.78, 5) is 18.2. The zero-order chi connectivity index (χ0) is 21.2. The van der Waals surface area contributed by atoms with Gasteiger partial charge in [0.2, 0.25) is 5.95 Å². The molecule has 4 aromatic rings. The van der Waals surface area contributed by atoms with Crippen molar-refractivity contribution in [2.24, 2.45) is 0 Å². The van der Waals surface area contributed by atoms with Crippen LogP contribution in [0.4, 0.5) is 11.6 Å². The van der Waals surface area contributed by atoms with Gasteiger partial charge in [0.05, 0.1) is 11.4 Å². The van der Waals surface area contributed by atoms with Gasteiger partial charge in [0.25, 0.3) is 5.78 Å². The topological polar surface area (TPSA) is 97.5 Å². The second kappa shape index (κ2) is 8.23. The molecule has 3 aromatic heterocycles. The Kier molecular flexibility index (Phi) is 5.13. The summed E-state index contributed by atoms with van der Waals surface area (Å²) in [6, 6.07) is 12.3. The Labute approximate surface area is 179 Å².